The summed E-state index contributed by atoms with van der Waals surface area (Å²) in [5, 5.41) is 3.55. The van der Waals surface area contributed by atoms with Crippen LogP contribution in [0.2, 0.25) is 0 Å². The quantitative estimate of drug-likeness (QED) is 0.886. The molecular formula is C17H23N3O. The molecule has 1 aromatic carbocycles. The molecule has 1 fully saturated rings. The van der Waals surface area contributed by atoms with Gasteiger partial charge in [-0.1, -0.05) is 37.3 Å². The van der Waals surface area contributed by atoms with Crippen molar-refractivity contribution in [2.45, 2.75) is 38.9 Å². The maximum atomic E-state index is 5.63. The molecular weight excluding hydrogens is 262 g/mol. The Morgan fingerprint density at radius 1 is 1.33 bits per heavy atom. The van der Waals surface area contributed by atoms with Gasteiger partial charge in [0.2, 0.25) is 5.89 Å². The highest BCUT2D eigenvalue weighted by Crippen LogP contribution is 2.14. The number of hydrogen-bond donors (Lipinski definition) is 1. The number of benzene rings is 1. The SMILES string of the molecule is CCc1cnc(CNC2CCN(Cc3ccccc3)C2)o1. The average molecular weight is 285 g/mol. The predicted octanol–water partition coefficient (Wildman–Crippen LogP) is 2.60. The minimum absolute atomic E-state index is 0.533. The zero-order valence-corrected chi connectivity index (χ0v) is 12.6. The van der Waals surface area contributed by atoms with Crippen LogP contribution in [0.4, 0.5) is 0 Å². The number of hydrogen-bond acceptors (Lipinski definition) is 4. The lowest BCUT2D eigenvalue weighted by Gasteiger charge is -2.16. The Balaban J connectivity index is 1.44. The summed E-state index contributed by atoms with van der Waals surface area (Å²) in [7, 11) is 0. The molecule has 112 valence electrons. The summed E-state index contributed by atoms with van der Waals surface area (Å²) in [6.07, 6.45) is 3.92. The number of likely N-dealkylation sites (tertiary alicyclic amines) is 1. The summed E-state index contributed by atoms with van der Waals surface area (Å²) >= 11 is 0. The van der Waals surface area contributed by atoms with Gasteiger partial charge in [0.25, 0.3) is 0 Å². The third kappa shape index (κ3) is 3.93. The molecule has 0 amide bonds. The fraction of sp³-hybridized carbons (Fsp3) is 0.471. The van der Waals surface area contributed by atoms with Crippen LogP contribution in [0.25, 0.3) is 0 Å². The lowest BCUT2D eigenvalue weighted by Crippen LogP contribution is -2.32. The summed E-state index contributed by atoms with van der Waals surface area (Å²) in [6.45, 7) is 6.09. The molecule has 0 radical (unpaired) electrons. The van der Waals surface area contributed by atoms with Gasteiger partial charge >= 0.3 is 0 Å². The third-order valence-corrected chi connectivity index (χ3v) is 4.01. The van der Waals surface area contributed by atoms with Crippen molar-refractivity contribution in [2.24, 2.45) is 0 Å². The van der Waals surface area contributed by atoms with Gasteiger partial charge in [0.15, 0.2) is 0 Å². The summed E-state index contributed by atoms with van der Waals surface area (Å²) in [5.74, 6) is 1.76. The Morgan fingerprint density at radius 3 is 2.95 bits per heavy atom. The Morgan fingerprint density at radius 2 is 2.19 bits per heavy atom. The summed E-state index contributed by atoms with van der Waals surface area (Å²) in [5.41, 5.74) is 1.39. The first-order valence-electron chi connectivity index (χ1n) is 7.76. The molecule has 0 bridgehead atoms. The first-order valence-corrected chi connectivity index (χ1v) is 7.76. The lowest BCUT2D eigenvalue weighted by atomic mass is 10.2. The monoisotopic (exact) mass is 285 g/mol. The average Bonchev–Trinajstić information content (AvgIpc) is 3.15. The number of nitrogens with one attached hydrogen (secondary N) is 1. The number of oxazole rings is 1. The molecule has 0 saturated carbocycles. The standard InChI is InChI=1S/C17H23N3O/c1-2-16-10-19-17(21-16)11-18-15-8-9-20(13-15)12-14-6-4-3-5-7-14/h3-7,10,15,18H,2,8-9,11-13H2,1H3. The second-order valence-electron chi connectivity index (χ2n) is 5.66. The van der Waals surface area contributed by atoms with Crippen molar-refractivity contribution in [2.75, 3.05) is 13.1 Å². The fourth-order valence-corrected chi connectivity index (χ4v) is 2.81. The third-order valence-electron chi connectivity index (χ3n) is 4.01. The highest BCUT2D eigenvalue weighted by molar-refractivity contribution is 5.14. The van der Waals surface area contributed by atoms with Gasteiger partial charge in [-0.15, -0.1) is 0 Å². The van der Waals surface area contributed by atoms with Crippen molar-refractivity contribution in [1.29, 1.82) is 0 Å². The van der Waals surface area contributed by atoms with Gasteiger partial charge in [0.1, 0.15) is 5.76 Å². The van der Waals surface area contributed by atoms with Crippen LogP contribution in [0.15, 0.2) is 40.9 Å². The van der Waals surface area contributed by atoms with E-state index in [1.54, 1.807) is 0 Å². The van der Waals surface area contributed by atoms with Gasteiger partial charge < -0.3 is 9.73 Å². The highest BCUT2D eigenvalue weighted by Gasteiger charge is 2.22. The van der Waals surface area contributed by atoms with Crippen LogP contribution >= 0.6 is 0 Å². The highest BCUT2D eigenvalue weighted by atomic mass is 16.4. The lowest BCUT2D eigenvalue weighted by molar-refractivity contribution is 0.317. The van der Waals surface area contributed by atoms with Crippen LogP contribution in [-0.4, -0.2) is 29.0 Å². The molecule has 1 aliphatic heterocycles. The zero-order chi connectivity index (χ0) is 14.5. The first kappa shape index (κ1) is 14.3. The molecule has 1 N–H and O–H groups in total. The van der Waals surface area contributed by atoms with Gasteiger partial charge in [-0.05, 0) is 12.0 Å². The Bertz CT molecular complexity index is 552. The van der Waals surface area contributed by atoms with Crippen LogP contribution in [0.1, 0.15) is 30.6 Å². The van der Waals surface area contributed by atoms with Gasteiger partial charge in [-0.2, -0.15) is 0 Å². The van der Waals surface area contributed by atoms with Gasteiger partial charge in [-0.3, -0.25) is 4.90 Å². The Kier molecular flexibility index (Phi) is 4.68. The number of nitrogens with zero attached hydrogens (tertiary/aromatic N) is 2. The van der Waals surface area contributed by atoms with E-state index in [1.807, 2.05) is 6.20 Å². The largest absolute Gasteiger partial charge is 0.444 e. The predicted molar refractivity (Wildman–Crippen MR) is 82.8 cm³/mol. The summed E-state index contributed by atoms with van der Waals surface area (Å²) < 4.78 is 5.63. The molecule has 1 atom stereocenters. The van der Waals surface area contributed by atoms with Crippen LogP contribution in [-0.2, 0) is 19.5 Å². The summed E-state index contributed by atoms with van der Waals surface area (Å²) in [4.78, 5) is 6.79. The number of rotatable bonds is 6. The van der Waals surface area contributed by atoms with Gasteiger partial charge in [0.05, 0.1) is 12.7 Å². The molecule has 2 heterocycles. The molecule has 4 heteroatoms. The zero-order valence-electron chi connectivity index (χ0n) is 12.6. The maximum absolute atomic E-state index is 5.63. The smallest absolute Gasteiger partial charge is 0.208 e. The van der Waals surface area contributed by atoms with E-state index in [-0.39, 0.29) is 0 Å². The fourth-order valence-electron chi connectivity index (χ4n) is 2.81. The van der Waals surface area contributed by atoms with Crippen molar-refractivity contribution in [1.82, 2.24) is 15.2 Å². The van der Waals surface area contributed by atoms with Crippen molar-refractivity contribution in [3.8, 4) is 0 Å². The van der Waals surface area contributed by atoms with E-state index in [0.29, 0.717) is 6.04 Å². The molecule has 1 saturated heterocycles. The van der Waals surface area contributed by atoms with E-state index in [1.165, 1.54) is 12.0 Å². The topological polar surface area (TPSA) is 41.3 Å². The van der Waals surface area contributed by atoms with E-state index < -0.39 is 0 Å². The van der Waals surface area contributed by atoms with E-state index in [9.17, 15) is 0 Å². The maximum Gasteiger partial charge on any atom is 0.208 e. The molecule has 1 unspecified atom stereocenters. The van der Waals surface area contributed by atoms with Crippen molar-refractivity contribution in [3.63, 3.8) is 0 Å². The van der Waals surface area contributed by atoms with E-state index >= 15 is 0 Å². The van der Waals surface area contributed by atoms with E-state index in [4.69, 9.17) is 4.42 Å². The Hall–Kier alpha value is -1.65. The second kappa shape index (κ2) is 6.87. The van der Waals surface area contributed by atoms with Crippen LogP contribution in [0.5, 0.6) is 0 Å². The number of aromatic nitrogens is 1. The molecule has 1 aromatic heterocycles. The van der Waals surface area contributed by atoms with E-state index in [2.05, 4.69) is 52.5 Å². The molecule has 2 aromatic rings. The van der Waals surface area contributed by atoms with Gasteiger partial charge in [0, 0.05) is 32.1 Å². The summed E-state index contributed by atoms with van der Waals surface area (Å²) in [6, 6.07) is 11.2. The van der Waals surface area contributed by atoms with Crippen LogP contribution in [0, 0.1) is 0 Å². The Labute approximate surface area is 126 Å². The normalized spacial score (nSPS) is 19.2. The van der Waals surface area contributed by atoms with Crippen molar-refractivity contribution >= 4 is 0 Å². The minimum atomic E-state index is 0.533. The minimum Gasteiger partial charge on any atom is -0.444 e. The number of aryl methyl sites for hydroxylation is 1. The molecule has 4 nitrogen and oxygen atoms in total. The van der Waals surface area contributed by atoms with Crippen LogP contribution < -0.4 is 5.32 Å². The molecule has 1 aliphatic rings. The first-order chi connectivity index (χ1) is 10.3. The van der Waals surface area contributed by atoms with Crippen LogP contribution in [0.3, 0.4) is 0 Å². The molecule has 0 spiro atoms. The van der Waals surface area contributed by atoms with Gasteiger partial charge in [-0.25, -0.2) is 4.98 Å². The molecule has 3 rings (SSSR count). The van der Waals surface area contributed by atoms with Crippen molar-refractivity contribution < 1.29 is 4.42 Å². The second-order valence-corrected chi connectivity index (χ2v) is 5.66. The van der Waals surface area contributed by atoms with E-state index in [0.717, 1.165) is 44.3 Å². The van der Waals surface area contributed by atoms with Crippen molar-refractivity contribution in [3.05, 3.63) is 53.7 Å². The molecule has 0 aliphatic carbocycles. The molecule has 21 heavy (non-hydrogen) atoms.